The van der Waals surface area contributed by atoms with Gasteiger partial charge in [-0.3, -0.25) is 0 Å². The summed E-state index contributed by atoms with van der Waals surface area (Å²) in [6, 6.07) is 11.0. The minimum Gasteiger partial charge on any atom is -0.327 e. The third kappa shape index (κ3) is 5.21. The van der Waals surface area contributed by atoms with Crippen molar-refractivity contribution in [1.82, 2.24) is 5.32 Å². The average molecular weight is 353 g/mol. The summed E-state index contributed by atoms with van der Waals surface area (Å²) in [5.74, 6) is 4.91. The Labute approximate surface area is 141 Å². The fraction of sp³-hybridized carbons (Fsp3) is 0.118. The van der Waals surface area contributed by atoms with Crippen LogP contribution in [0.25, 0.3) is 0 Å². The number of carbonyl (C=O) groups excluding carboxylic acids is 1. The largest absolute Gasteiger partial charge is 0.417 e. The van der Waals surface area contributed by atoms with Crippen molar-refractivity contribution in [2.24, 2.45) is 0 Å². The zero-order valence-electron chi connectivity index (χ0n) is 12.2. The summed E-state index contributed by atoms with van der Waals surface area (Å²) in [4.78, 5) is 11.6. The molecule has 0 aromatic heterocycles. The molecule has 0 unspecified atom stereocenters. The van der Waals surface area contributed by atoms with E-state index in [0.717, 1.165) is 6.07 Å². The van der Waals surface area contributed by atoms with Gasteiger partial charge in [-0.1, -0.05) is 35.6 Å². The van der Waals surface area contributed by atoms with Gasteiger partial charge < -0.3 is 10.6 Å². The van der Waals surface area contributed by atoms with Gasteiger partial charge in [-0.25, -0.2) is 4.79 Å². The highest BCUT2D eigenvalue weighted by molar-refractivity contribution is 6.30. The Hall–Kier alpha value is -2.65. The number of amides is 2. The summed E-state index contributed by atoms with van der Waals surface area (Å²) in [7, 11) is 0. The molecule has 7 heteroatoms. The van der Waals surface area contributed by atoms with Crippen LogP contribution < -0.4 is 10.6 Å². The van der Waals surface area contributed by atoms with Crippen molar-refractivity contribution in [3.63, 3.8) is 0 Å². The first-order valence-electron chi connectivity index (χ1n) is 6.82. The highest BCUT2D eigenvalue weighted by Crippen LogP contribution is 2.31. The van der Waals surface area contributed by atoms with E-state index in [1.54, 1.807) is 24.3 Å². The smallest absolute Gasteiger partial charge is 0.327 e. The highest BCUT2D eigenvalue weighted by Gasteiger charge is 2.32. The first-order chi connectivity index (χ1) is 11.4. The number of halogens is 4. The van der Waals surface area contributed by atoms with Gasteiger partial charge in [0, 0.05) is 16.3 Å². The lowest BCUT2D eigenvalue weighted by molar-refractivity contribution is -0.137. The Morgan fingerprint density at radius 2 is 1.75 bits per heavy atom. The Kier molecular flexibility index (Phi) is 5.72. The van der Waals surface area contributed by atoms with E-state index in [1.807, 2.05) is 0 Å². The van der Waals surface area contributed by atoms with Crippen LogP contribution in [0, 0.1) is 11.8 Å². The SMILES string of the molecule is O=C(NCC#Cc1ccccc1C(F)(F)F)Nc1ccc(Cl)cc1. The number of rotatable bonds is 2. The topological polar surface area (TPSA) is 41.1 Å². The molecule has 0 spiro atoms. The Morgan fingerprint density at radius 1 is 1.08 bits per heavy atom. The number of alkyl halides is 3. The molecule has 2 rings (SSSR count). The van der Waals surface area contributed by atoms with Gasteiger partial charge in [-0.15, -0.1) is 0 Å². The Morgan fingerprint density at radius 3 is 2.42 bits per heavy atom. The summed E-state index contributed by atoms with van der Waals surface area (Å²) in [5.41, 5.74) is -0.402. The van der Waals surface area contributed by atoms with E-state index in [-0.39, 0.29) is 12.1 Å². The Bertz CT molecular complexity index is 777. The third-order valence-corrected chi connectivity index (χ3v) is 3.15. The van der Waals surface area contributed by atoms with Gasteiger partial charge in [0.2, 0.25) is 0 Å². The van der Waals surface area contributed by atoms with Crippen molar-refractivity contribution >= 4 is 23.3 Å². The zero-order chi connectivity index (χ0) is 17.6. The monoisotopic (exact) mass is 352 g/mol. The molecule has 3 nitrogen and oxygen atoms in total. The lowest BCUT2D eigenvalue weighted by atomic mass is 10.1. The standard InChI is InChI=1S/C17H12ClF3N2O/c18-13-7-9-14(10-8-13)23-16(24)22-11-3-5-12-4-1-2-6-15(12)17(19,20)21/h1-2,4,6-10H,11H2,(H2,22,23,24). The fourth-order valence-corrected chi connectivity index (χ4v) is 1.94. The van der Waals surface area contributed by atoms with Crippen LogP contribution in [0.15, 0.2) is 48.5 Å². The van der Waals surface area contributed by atoms with Crippen molar-refractivity contribution in [2.75, 3.05) is 11.9 Å². The average Bonchev–Trinajstić information content (AvgIpc) is 2.53. The summed E-state index contributed by atoms with van der Waals surface area (Å²) in [6.07, 6.45) is -4.47. The highest BCUT2D eigenvalue weighted by atomic mass is 35.5. The molecule has 0 aliphatic rings. The molecule has 0 atom stereocenters. The molecule has 2 aromatic rings. The van der Waals surface area contributed by atoms with Crippen molar-refractivity contribution in [2.45, 2.75) is 6.18 Å². The van der Waals surface area contributed by atoms with Crippen LogP contribution in [0.1, 0.15) is 11.1 Å². The van der Waals surface area contributed by atoms with E-state index in [1.165, 1.54) is 18.2 Å². The van der Waals surface area contributed by atoms with Crippen LogP contribution >= 0.6 is 11.6 Å². The first kappa shape index (κ1) is 17.7. The quantitative estimate of drug-likeness (QED) is 0.766. The molecule has 0 aliphatic carbocycles. The van der Waals surface area contributed by atoms with Crippen LogP contribution in [0.3, 0.4) is 0 Å². The van der Waals surface area contributed by atoms with Gasteiger partial charge in [0.1, 0.15) is 0 Å². The third-order valence-electron chi connectivity index (χ3n) is 2.89. The lowest BCUT2D eigenvalue weighted by Gasteiger charge is -2.08. The maximum Gasteiger partial charge on any atom is 0.417 e. The summed E-state index contributed by atoms with van der Waals surface area (Å²) < 4.78 is 38.4. The number of hydrogen-bond acceptors (Lipinski definition) is 1. The molecule has 0 saturated heterocycles. The van der Waals surface area contributed by atoms with E-state index in [9.17, 15) is 18.0 Å². The van der Waals surface area contributed by atoms with E-state index in [2.05, 4.69) is 22.5 Å². The second-order valence-electron chi connectivity index (χ2n) is 4.66. The van der Waals surface area contributed by atoms with E-state index >= 15 is 0 Å². The maximum absolute atomic E-state index is 12.8. The van der Waals surface area contributed by atoms with E-state index < -0.39 is 17.8 Å². The molecular formula is C17H12ClF3N2O. The molecule has 0 heterocycles. The second kappa shape index (κ2) is 7.75. The predicted molar refractivity (Wildman–Crippen MR) is 86.8 cm³/mol. The first-order valence-corrected chi connectivity index (χ1v) is 7.19. The number of nitrogens with one attached hydrogen (secondary N) is 2. The predicted octanol–water partition coefficient (Wildman–Crippen LogP) is 4.53. The molecule has 0 bridgehead atoms. The van der Waals surface area contributed by atoms with Crippen LogP contribution in [-0.4, -0.2) is 12.6 Å². The zero-order valence-corrected chi connectivity index (χ0v) is 13.0. The summed E-state index contributed by atoms with van der Waals surface area (Å²) >= 11 is 5.73. The van der Waals surface area contributed by atoms with Crippen molar-refractivity contribution in [1.29, 1.82) is 0 Å². The maximum atomic E-state index is 12.8. The molecule has 0 saturated carbocycles. The van der Waals surface area contributed by atoms with Gasteiger partial charge in [-0.05, 0) is 36.4 Å². The molecule has 0 radical (unpaired) electrons. The molecule has 2 amide bonds. The molecule has 2 aromatic carbocycles. The van der Waals surface area contributed by atoms with Crippen molar-refractivity contribution in [3.05, 3.63) is 64.7 Å². The molecule has 2 N–H and O–H groups in total. The van der Waals surface area contributed by atoms with Gasteiger partial charge in [0.05, 0.1) is 12.1 Å². The number of carbonyl (C=O) groups is 1. The molecular weight excluding hydrogens is 341 g/mol. The van der Waals surface area contributed by atoms with Crippen LogP contribution in [0.4, 0.5) is 23.7 Å². The van der Waals surface area contributed by atoms with E-state index in [4.69, 9.17) is 11.6 Å². The summed E-state index contributed by atoms with van der Waals surface area (Å²) in [6.45, 7) is -0.0917. The van der Waals surface area contributed by atoms with Crippen LogP contribution in [0.2, 0.25) is 5.02 Å². The second-order valence-corrected chi connectivity index (χ2v) is 5.10. The van der Waals surface area contributed by atoms with Gasteiger partial charge in [0.15, 0.2) is 0 Å². The van der Waals surface area contributed by atoms with Gasteiger partial charge in [0.25, 0.3) is 0 Å². The number of benzene rings is 2. The number of hydrogen-bond donors (Lipinski definition) is 2. The molecule has 24 heavy (non-hydrogen) atoms. The Balaban J connectivity index is 1.92. The van der Waals surface area contributed by atoms with Crippen LogP contribution in [0.5, 0.6) is 0 Å². The van der Waals surface area contributed by atoms with E-state index in [0.29, 0.717) is 10.7 Å². The fourth-order valence-electron chi connectivity index (χ4n) is 1.81. The van der Waals surface area contributed by atoms with Gasteiger partial charge >= 0.3 is 12.2 Å². The molecule has 0 aliphatic heterocycles. The molecule has 0 fully saturated rings. The lowest BCUT2D eigenvalue weighted by Crippen LogP contribution is -2.28. The number of anilines is 1. The normalized spacial score (nSPS) is 10.5. The minimum atomic E-state index is -4.47. The van der Waals surface area contributed by atoms with Crippen molar-refractivity contribution in [3.8, 4) is 11.8 Å². The number of urea groups is 1. The van der Waals surface area contributed by atoms with Gasteiger partial charge in [-0.2, -0.15) is 13.2 Å². The summed E-state index contributed by atoms with van der Waals surface area (Å²) in [5, 5.41) is 5.52. The van der Waals surface area contributed by atoms with Crippen molar-refractivity contribution < 1.29 is 18.0 Å². The minimum absolute atomic E-state index is 0.0917. The van der Waals surface area contributed by atoms with Crippen LogP contribution in [-0.2, 0) is 6.18 Å². The molecule has 124 valence electrons.